The molecule has 0 radical (unpaired) electrons. The Morgan fingerprint density at radius 1 is 1.17 bits per heavy atom. The molecule has 1 N–H and O–H groups in total. The highest BCUT2D eigenvalue weighted by molar-refractivity contribution is 7.89. The summed E-state index contributed by atoms with van der Waals surface area (Å²) in [6.07, 6.45) is 5.35. The summed E-state index contributed by atoms with van der Waals surface area (Å²) in [5, 5.41) is 0. The Labute approximate surface area is 141 Å². The maximum absolute atomic E-state index is 13.7. The van der Waals surface area contributed by atoms with E-state index < -0.39 is 15.8 Å². The lowest BCUT2D eigenvalue weighted by Crippen LogP contribution is -2.38. The Balaban J connectivity index is 1.54. The van der Waals surface area contributed by atoms with Crippen LogP contribution in [0.2, 0.25) is 0 Å². The minimum Gasteiger partial charge on any atom is -0.370 e. The Bertz CT molecular complexity index is 775. The lowest BCUT2D eigenvalue weighted by atomic mass is 9.97. The minimum atomic E-state index is -3.80. The zero-order chi connectivity index (χ0) is 17.0. The number of hydrogen-bond acceptors (Lipinski definition) is 4. The highest BCUT2D eigenvalue weighted by atomic mass is 32.2. The van der Waals surface area contributed by atoms with E-state index in [4.69, 9.17) is 0 Å². The van der Waals surface area contributed by atoms with Crippen molar-refractivity contribution >= 4 is 15.7 Å². The average molecular weight is 349 g/mol. The second-order valence-electron chi connectivity index (χ2n) is 5.92. The first-order valence-electron chi connectivity index (χ1n) is 7.95. The molecule has 0 bridgehead atoms. The second-order valence-corrected chi connectivity index (χ2v) is 7.66. The molecule has 2 heterocycles. The molecule has 1 aliphatic rings. The molecule has 7 heteroatoms. The molecule has 1 saturated heterocycles. The van der Waals surface area contributed by atoms with E-state index in [-0.39, 0.29) is 10.8 Å². The zero-order valence-electron chi connectivity index (χ0n) is 13.2. The third-order valence-electron chi connectivity index (χ3n) is 4.31. The van der Waals surface area contributed by atoms with Gasteiger partial charge in [-0.15, -0.1) is 0 Å². The normalized spacial score (nSPS) is 16.3. The molecule has 3 rings (SSSR count). The second kappa shape index (κ2) is 7.27. The van der Waals surface area contributed by atoms with E-state index in [0.29, 0.717) is 6.54 Å². The minimum absolute atomic E-state index is 0.250. The van der Waals surface area contributed by atoms with E-state index in [1.165, 1.54) is 18.2 Å². The number of sulfonamides is 1. The van der Waals surface area contributed by atoms with Crippen molar-refractivity contribution < 1.29 is 12.8 Å². The molecule has 128 valence electrons. The number of nitrogens with zero attached hydrogens (tertiary/aromatic N) is 2. The fourth-order valence-electron chi connectivity index (χ4n) is 2.90. The molecule has 1 aliphatic heterocycles. The van der Waals surface area contributed by atoms with Gasteiger partial charge in [-0.3, -0.25) is 4.98 Å². The summed E-state index contributed by atoms with van der Waals surface area (Å²) >= 11 is 0. The van der Waals surface area contributed by atoms with Gasteiger partial charge in [0.1, 0.15) is 10.7 Å². The number of anilines is 1. The summed E-state index contributed by atoms with van der Waals surface area (Å²) < 4.78 is 40.6. The Morgan fingerprint density at radius 3 is 2.58 bits per heavy atom. The van der Waals surface area contributed by atoms with E-state index in [9.17, 15) is 12.8 Å². The van der Waals surface area contributed by atoms with Crippen LogP contribution in [-0.2, 0) is 10.0 Å². The van der Waals surface area contributed by atoms with Crippen molar-refractivity contribution in [3.63, 3.8) is 0 Å². The third kappa shape index (κ3) is 3.91. The SMILES string of the molecule is O=S(=O)(NCC1CCN(c2cccnc2)CC1)c1ccccc1F. The summed E-state index contributed by atoms with van der Waals surface area (Å²) in [7, 11) is -3.80. The Kier molecular flexibility index (Phi) is 5.11. The number of halogens is 1. The van der Waals surface area contributed by atoms with E-state index in [1.54, 1.807) is 6.20 Å². The molecule has 2 aromatic rings. The molecule has 0 atom stereocenters. The summed E-state index contributed by atoms with van der Waals surface area (Å²) in [6, 6.07) is 9.36. The molecule has 1 aromatic heterocycles. The van der Waals surface area contributed by atoms with Crippen molar-refractivity contribution in [1.29, 1.82) is 0 Å². The van der Waals surface area contributed by atoms with Gasteiger partial charge in [0.25, 0.3) is 0 Å². The van der Waals surface area contributed by atoms with Gasteiger partial charge in [0.15, 0.2) is 0 Å². The van der Waals surface area contributed by atoms with Gasteiger partial charge >= 0.3 is 0 Å². The molecule has 0 amide bonds. The van der Waals surface area contributed by atoms with Gasteiger partial charge in [-0.1, -0.05) is 12.1 Å². The van der Waals surface area contributed by atoms with Gasteiger partial charge in [-0.2, -0.15) is 0 Å². The maximum atomic E-state index is 13.7. The monoisotopic (exact) mass is 349 g/mol. The Morgan fingerprint density at radius 2 is 1.92 bits per heavy atom. The predicted octanol–water partition coefficient (Wildman–Crippen LogP) is 2.42. The third-order valence-corrected chi connectivity index (χ3v) is 5.77. The molecule has 5 nitrogen and oxygen atoms in total. The number of hydrogen-bond donors (Lipinski definition) is 1. The smallest absolute Gasteiger partial charge is 0.243 e. The van der Waals surface area contributed by atoms with E-state index >= 15 is 0 Å². The fourth-order valence-corrected chi connectivity index (χ4v) is 4.10. The first-order chi connectivity index (χ1) is 11.6. The van der Waals surface area contributed by atoms with Gasteiger partial charge in [-0.25, -0.2) is 17.5 Å². The van der Waals surface area contributed by atoms with Crippen LogP contribution in [0.1, 0.15) is 12.8 Å². The van der Waals surface area contributed by atoms with Crippen molar-refractivity contribution in [2.24, 2.45) is 5.92 Å². The van der Waals surface area contributed by atoms with Crippen LogP contribution in [0.5, 0.6) is 0 Å². The van der Waals surface area contributed by atoms with Gasteiger partial charge < -0.3 is 4.90 Å². The number of aromatic nitrogens is 1. The quantitative estimate of drug-likeness (QED) is 0.900. The number of rotatable bonds is 5. The highest BCUT2D eigenvalue weighted by Crippen LogP contribution is 2.22. The molecule has 1 aromatic carbocycles. The number of piperidine rings is 1. The standard InChI is InChI=1S/C17H20FN3O2S/c18-16-5-1-2-6-17(16)24(22,23)20-12-14-7-10-21(11-8-14)15-4-3-9-19-13-15/h1-6,9,13-14,20H,7-8,10-12H2. The molecule has 1 fully saturated rings. The predicted molar refractivity (Wildman–Crippen MR) is 90.8 cm³/mol. The van der Waals surface area contributed by atoms with Gasteiger partial charge in [0.05, 0.1) is 11.9 Å². The van der Waals surface area contributed by atoms with Crippen LogP contribution in [0.4, 0.5) is 10.1 Å². The summed E-state index contributed by atoms with van der Waals surface area (Å²) in [6.45, 7) is 2.05. The summed E-state index contributed by atoms with van der Waals surface area (Å²) in [4.78, 5) is 6.07. The number of benzene rings is 1. The fraction of sp³-hybridized carbons (Fsp3) is 0.353. The molecule has 0 unspecified atom stereocenters. The van der Waals surface area contributed by atoms with Crippen LogP contribution in [0, 0.1) is 11.7 Å². The van der Waals surface area contributed by atoms with Crippen LogP contribution in [-0.4, -0.2) is 33.0 Å². The van der Waals surface area contributed by atoms with Crippen LogP contribution in [0.15, 0.2) is 53.7 Å². The van der Waals surface area contributed by atoms with Crippen LogP contribution in [0.25, 0.3) is 0 Å². The van der Waals surface area contributed by atoms with Crippen LogP contribution < -0.4 is 9.62 Å². The van der Waals surface area contributed by atoms with Crippen LogP contribution in [0.3, 0.4) is 0 Å². The van der Waals surface area contributed by atoms with Crippen molar-refractivity contribution in [3.05, 3.63) is 54.6 Å². The summed E-state index contributed by atoms with van der Waals surface area (Å²) in [5.74, 6) is -0.476. The maximum Gasteiger partial charge on any atom is 0.243 e. The van der Waals surface area contributed by atoms with Gasteiger partial charge in [0.2, 0.25) is 10.0 Å². The van der Waals surface area contributed by atoms with Gasteiger partial charge in [0, 0.05) is 25.8 Å². The average Bonchev–Trinajstić information content (AvgIpc) is 2.61. The lowest BCUT2D eigenvalue weighted by molar-refractivity contribution is 0.401. The zero-order valence-corrected chi connectivity index (χ0v) is 14.0. The van der Waals surface area contributed by atoms with E-state index in [2.05, 4.69) is 14.6 Å². The van der Waals surface area contributed by atoms with Crippen molar-refractivity contribution in [2.75, 3.05) is 24.5 Å². The molecule has 0 saturated carbocycles. The topological polar surface area (TPSA) is 62.3 Å². The largest absolute Gasteiger partial charge is 0.370 e. The number of pyridine rings is 1. The van der Waals surface area contributed by atoms with Crippen LogP contribution >= 0.6 is 0 Å². The van der Waals surface area contributed by atoms with Crippen molar-refractivity contribution in [2.45, 2.75) is 17.7 Å². The van der Waals surface area contributed by atoms with Crippen molar-refractivity contribution in [1.82, 2.24) is 9.71 Å². The van der Waals surface area contributed by atoms with E-state index in [0.717, 1.165) is 37.7 Å². The molecule has 0 aliphatic carbocycles. The molecular formula is C17H20FN3O2S. The van der Waals surface area contributed by atoms with Crippen molar-refractivity contribution in [3.8, 4) is 0 Å². The molecular weight excluding hydrogens is 329 g/mol. The lowest BCUT2D eigenvalue weighted by Gasteiger charge is -2.33. The van der Waals surface area contributed by atoms with E-state index in [1.807, 2.05) is 18.3 Å². The molecule has 0 spiro atoms. The van der Waals surface area contributed by atoms with Gasteiger partial charge in [-0.05, 0) is 43.0 Å². The summed E-state index contributed by atoms with van der Waals surface area (Å²) in [5.41, 5.74) is 1.09. The number of nitrogens with one attached hydrogen (secondary N) is 1. The first-order valence-corrected chi connectivity index (χ1v) is 9.44. The molecule has 24 heavy (non-hydrogen) atoms. The first kappa shape index (κ1) is 16.9. The Hall–Kier alpha value is -1.99. The highest BCUT2D eigenvalue weighted by Gasteiger charge is 2.23.